The Bertz CT molecular complexity index is 624. The predicted octanol–water partition coefficient (Wildman–Crippen LogP) is -2.08. The van der Waals surface area contributed by atoms with Crippen LogP contribution in [0.1, 0.15) is 9.08 Å². The number of imidazole rings is 1. The van der Waals surface area contributed by atoms with Crippen LogP contribution in [0.5, 0.6) is 0 Å². The Morgan fingerprint density at radius 3 is 2.62 bits per heavy atom. The molecule has 5 atom stereocenters. The molecule has 0 spiro atoms. The predicted molar refractivity (Wildman–Crippen MR) is 81.8 cm³/mol. The first-order valence-corrected chi connectivity index (χ1v) is 5.69. The van der Waals surface area contributed by atoms with Crippen LogP contribution in [0, 0.1) is 0 Å². The number of anilines is 1. The van der Waals surface area contributed by atoms with Gasteiger partial charge in [-0.15, -0.1) is 0 Å². The van der Waals surface area contributed by atoms with Crippen LogP contribution >= 0.6 is 9.90 Å². The molecule has 0 aliphatic carbocycles. The topological polar surface area (TPSA) is 140 Å². The zero-order chi connectivity index (χ0) is 13.6. The fourth-order valence-electron chi connectivity index (χ4n) is 2.17. The van der Waals surface area contributed by atoms with Crippen LogP contribution in [0.15, 0.2) is 12.7 Å². The van der Waals surface area contributed by atoms with Gasteiger partial charge < -0.3 is 28.6 Å². The van der Waals surface area contributed by atoms with Gasteiger partial charge in [-0.25, -0.2) is 15.0 Å². The third kappa shape index (κ3) is 3.16. The third-order valence-corrected chi connectivity index (χ3v) is 3.18. The van der Waals surface area contributed by atoms with E-state index in [1.807, 2.05) is 0 Å². The van der Waals surface area contributed by atoms with E-state index in [4.69, 9.17) is 15.6 Å². The number of hydrogen-bond acceptors (Lipinski definition) is 8. The molecule has 0 amide bonds. The molecule has 1 unspecified atom stereocenters. The second-order valence-corrected chi connectivity index (χ2v) is 4.31. The molecule has 0 aromatic carbocycles. The summed E-state index contributed by atoms with van der Waals surface area (Å²) in [6.45, 7) is -0.390. The number of aromatic nitrogens is 4. The molecule has 9 nitrogen and oxygen atoms in total. The van der Waals surface area contributed by atoms with E-state index in [0.29, 0.717) is 11.2 Å². The summed E-state index contributed by atoms with van der Waals surface area (Å²) in [5.74, 6) is 0.218. The Kier molecular flexibility index (Phi) is 6.70. The van der Waals surface area contributed by atoms with E-state index in [1.54, 1.807) is 0 Å². The molecular weight excluding hydrogens is 325 g/mol. The molecule has 0 radical (unpaired) electrons. The first-order valence-electron chi connectivity index (χ1n) is 5.69. The van der Waals surface area contributed by atoms with Crippen LogP contribution in [0.2, 0.25) is 0 Å². The number of rotatable bonds is 2. The summed E-state index contributed by atoms with van der Waals surface area (Å²) in [6.07, 6.45) is -1.42. The third-order valence-electron chi connectivity index (χ3n) is 3.18. The summed E-state index contributed by atoms with van der Waals surface area (Å²) in [4.78, 5) is 11.9. The fraction of sp³-hybridized carbons (Fsp3) is 0.500. The average molecular weight is 343 g/mol. The number of nitrogens with two attached hydrogens (primary N) is 1. The van der Waals surface area contributed by atoms with Crippen molar-refractivity contribution in [1.82, 2.24) is 19.5 Å². The van der Waals surface area contributed by atoms with E-state index >= 15 is 0 Å². The molecule has 2 aromatic rings. The maximum Gasteiger partial charge on any atom is 2.00 e. The van der Waals surface area contributed by atoms with Crippen molar-refractivity contribution in [3.05, 3.63) is 12.7 Å². The van der Waals surface area contributed by atoms with E-state index in [1.165, 1.54) is 17.2 Å². The Labute approximate surface area is 156 Å². The SMILES string of the molecule is Nc1ncnc2c1ncn2[C@@H]1O[C@H](CO)[C@@H](O)[C@H]1O.P.[Ca+2].[H-].[H-]. The van der Waals surface area contributed by atoms with Crippen LogP contribution in [0.25, 0.3) is 11.2 Å². The second-order valence-electron chi connectivity index (χ2n) is 4.31. The van der Waals surface area contributed by atoms with Crippen molar-refractivity contribution in [3.8, 4) is 0 Å². The molecule has 1 aliphatic heterocycles. The summed E-state index contributed by atoms with van der Waals surface area (Å²) >= 11 is 0. The molecule has 0 bridgehead atoms. The van der Waals surface area contributed by atoms with E-state index in [-0.39, 0.29) is 56.3 Å². The Balaban J connectivity index is 0. The molecule has 2 aromatic heterocycles. The van der Waals surface area contributed by atoms with Crippen LogP contribution in [-0.2, 0) is 4.74 Å². The first kappa shape index (κ1) is 18.9. The van der Waals surface area contributed by atoms with Crippen molar-refractivity contribution >= 4 is 64.6 Å². The first-order chi connectivity index (χ1) is 9.13. The van der Waals surface area contributed by atoms with Crippen molar-refractivity contribution in [3.63, 3.8) is 0 Å². The molecule has 21 heavy (non-hydrogen) atoms. The number of fused-ring (bicyclic) bond motifs is 1. The number of ether oxygens (including phenoxy) is 1. The van der Waals surface area contributed by atoms with Gasteiger partial charge in [-0.2, -0.15) is 9.90 Å². The van der Waals surface area contributed by atoms with Crippen LogP contribution in [0.4, 0.5) is 5.82 Å². The van der Waals surface area contributed by atoms with Crippen LogP contribution in [0.3, 0.4) is 0 Å². The van der Waals surface area contributed by atoms with Crippen molar-refractivity contribution < 1.29 is 22.9 Å². The van der Waals surface area contributed by atoms with Gasteiger partial charge in [0.05, 0.1) is 12.9 Å². The van der Waals surface area contributed by atoms with Gasteiger partial charge in [-0.1, -0.05) is 0 Å². The van der Waals surface area contributed by atoms with E-state index in [9.17, 15) is 10.2 Å². The summed E-state index contributed by atoms with van der Waals surface area (Å²) in [5, 5.41) is 28.7. The second kappa shape index (κ2) is 7.43. The van der Waals surface area contributed by atoms with Gasteiger partial charge in [-0.05, 0) is 0 Å². The number of aliphatic hydroxyl groups excluding tert-OH is 3. The van der Waals surface area contributed by atoms with E-state index < -0.39 is 31.1 Å². The molecule has 114 valence electrons. The maximum absolute atomic E-state index is 9.95. The zero-order valence-electron chi connectivity index (χ0n) is 13.2. The normalized spacial score (nSPS) is 28.1. The summed E-state index contributed by atoms with van der Waals surface area (Å²) in [7, 11) is 0. The van der Waals surface area contributed by atoms with Crippen molar-refractivity contribution in [2.24, 2.45) is 0 Å². The molecule has 1 fully saturated rings. The van der Waals surface area contributed by atoms with Gasteiger partial charge in [0.25, 0.3) is 0 Å². The average Bonchev–Trinajstić information content (AvgIpc) is 2.94. The Morgan fingerprint density at radius 1 is 1.29 bits per heavy atom. The van der Waals surface area contributed by atoms with Gasteiger partial charge in [0.2, 0.25) is 0 Å². The molecule has 3 rings (SSSR count). The quantitative estimate of drug-likeness (QED) is 0.360. The van der Waals surface area contributed by atoms with E-state index in [2.05, 4.69) is 15.0 Å². The van der Waals surface area contributed by atoms with Gasteiger partial charge in [0.15, 0.2) is 17.7 Å². The molecule has 11 heteroatoms. The maximum atomic E-state index is 9.95. The minimum atomic E-state index is -1.19. The molecule has 5 N–H and O–H groups in total. The smallest absolute Gasteiger partial charge is 1.00 e. The number of nitrogen functional groups attached to an aromatic ring is 1. The number of nitrogens with zero attached hydrogens (tertiary/aromatic N) is 4. The molecule has 1 aliphatic rings. The Hall–Kier alpha value is -0.120. The van der Waals surface area contributed by atoms with Crippen LogP contribution < -0.4 is 5.73 Å². The zero-order valence-corrected chi connectivity index (χ0v) is 14.8. The number of hydrogen-bond donors (Lipinski definition) is 4. The molecular formula is C10H18CaN5O4P. The number of aliphatic hydroxyl groups is 3. The minimum Gasteiger partial charge on any atom is -1.00 e. The van der Waals surface area contributed by atoms with E-state index in [0.717, 1.165) is 0 Å². The minimum absolute atomic E-state index is 0. The summed E-state index contributed by atoms with van der Waals surface area (Å²) in [6, 6.07) is 0. The van der Waals surface area contributed by atoms with Crippen LogP contribution in [-0.4, -0.2) is 97.5 Å². The van der Waals surface area contributed by atoms with Gasteiger partial charge in [0, 0.05) is 0 Å². The largest absolute Gasteiger partial charge is 2.00 e. The Morgan fingerprint density at radius 2 is 2.00 bits per heavy atom. The van der Waals surface area contributed by atoms with Crippen molar-refractivity contribution in [1.29, 1.82) is 0 Å². The van der Waals surface area contributed by atoms with Crippen molar-refractivity contribution in [2.75, 3.05) is 12.3 Å². The van der Waals surface area contributed by atoms with Crippen molar-refractivity contribution in [2.45, 2.75) is 24.5 Å². The van der Waals surface area contributed by atoms with Gasteiger partial charge in [0.1, 0.15) is 30.2 Å². The molecule has 0 saturated carbocycles. The van der Waals surface area contributed by atoms with Gasteiger partial charge >= 0.3 is 37.7 Å². The molecule has 3 heterocycles. The fourth-order valence-corrected chi connectivity index (χ4v) is 2.17. The summed E-state index contributed by atoms with van der Waals surface area (Å²) < 4.78 is 6.85. The monoisotopic (exact) mass is 343 g/mol. The van der Waals surface area contributed by atoms with Gasteiger partial charge in [-0.3, -0.25) is 4.57 Å². The molecule has 1 saturated heterocycles. The summed E-state index contributed by atoms with van der Waals surface area (Å²) in [5.41, 5.74) is 6.44. The standard InChI is InChI=1S/C10H13N5O4.Ca.H3P.2H/c11-8-5-9(13-2-12-8)15(3-14-5)10-7(18)6(17)4(1-16)19-10;;;;/h2-4,6-7,10,16-18H,1H2,(H2,11,12,13);;1H3;;/q;+2;;2*-1/t4-,6-,7-,10-;;;;/m1..../s1.